The Kier molecular flexibility index (Phi) is 116. The summed E-state index contributed by atoms with van der Waals surface area (Å²) in [5.41, 5.74) is 0. The molecule has 0 bridgehead atoms. The van der Waals surface area contributed by atoms with E-state index in [4.69, 9.17) is 20.4 Å². The zero-order valence-corrected chi connectivity index (χ0v) is 7.25. The van der Waals surface area contributed by atoms with E-state index in [2.05, 4.69) is 0 Å². The van der Waals surface area contributed by atoms with E-state index in [0.29, 0.717) is 12.7 Å². The van der Waals surface area contributed by atoms with Crippen LogP contribution in [0.25, 0.3) is 0 Å². The minimum atomic E-state index is 0. The topological polar surface area (TPSA) is 0 Å². The molecular formula is H3Cl5Ni. The molecule has 0 aromatic rings. The van der Waals surface area contributed by atoms with Gasteiger partial charge in [-0.05, 0) is 0 Å². The van der Waals surface area contributed by atoms with E-state index in [9.17, 15) is 0 Å². The first-order valence-corrected chi connectivity index (χ1v) is 2.96. The van der Waals surface area contributed by atoms with Gasteiger partial charge in [-0.25, -0.2) is 0 Å². The van der Waals surface area contributed by atoms with Crippen molar-refractivity contribution >= 4 is 57.6 Å². The van der Waals surface area contributed by atoms with Crippen molar-refractivity contribution in [2.24, 2.45) is 0 Å². The van der Waals surface area contributed by atoms with Gasteiger partial charge in [-0.1, -0.05) is 0 Å². The van der Waals surface area contributed by atoms with E-state index in [1.807, 2.05) is 0 Å². The van der Waals surface area contributed by atoms with E-state index < -0.39 is 0 Å². The molecule has 0 amide bonds. The Morgan fingerprint density at radius 1 is 0.833 bits per heavy atom. The number of hydrogen-bond donors (Lipinski definition) is 0. The van der Waals surface area contributed by atoms with Crippen LogP contribution in [-0.4, -0.2) is 0 Å². The van der Waals surface area contributed by atoms with Gasteiger partial charge in [0.15, 0.2) is 0 Å². The van der Waals surface area contributed by atoms with Crippen molar-refractivity contribution in [1.29, 1.82) is 0 Å². The Balaban J connectivity index is -0.00000000667. The fraction of sp³-hybridized carbons (Fsp3) is 0. The fourth-order valence-electron chi connectivity index (χ4n) is 0. The summed E-state index contributed by atoms with van der Waals surface area (Å²) in [5, 5.41) is 0. The molecule has 0 radical (unpaired) electrons. The van der Waals surface area contributed by atoms with Crippen LogP contribution in [0.2, 0.25) is 0 Å². The van der Waals surface area contributed by atoms with E-state index in [1.165, 1.54) is 0 Å². The first-order valence-electron chi connectivity index (χ1n) is 0.239. The van der Waals surface area contributed by atoms with Gasteiger partial charge < -0.3 is 0 Å². The Morgan fingerprint density at radius 2 is 0.833 bits per heavy atom. The molecule has 6 heavy (non-hydrogen) atoms. The third kappa shape index (κ3) is 38.5. The van der Waals surface area contributed by atoms with Gasteiger partial charge >= 0.3 is 33.0 Å². The van der Waals surface area contributed by atoms with Crippen LogP contribution in [0, 0.1) is 0 Å². The molecule has 48 valence electrons. The third-order valence-corrected chi connectivity index (χ3v) is 0. The molecule has 0 aromatic heterocycles. The van der Waals surface area contributed by atoms with Crippen LogP contribution in [0.4, 0.5) is 0 Å². The maximum atomic E-state index is 4.70. The zero-order valence-electron chi connectivity index (χ0n) is 2.30. The summed E-state index contributed by atoms with van der Waals surface area (Å²) in [4.78, 5) is 0. The van der Waals surface area contributed by atoms with Crippen LogP contribution in [0.15, 0.2) is 0 Å². The molecule has 0 aliphatic heterocycles. The van der Waals surface area contributed by atoms with E-state index >= 15 is 0 Å². The van der Waals surface area contributed by atoms with Gasteiger partial charge in [-0.2, -0.15) is 0 Å². The molecule has 0 fully saturated rings. The van der Waals surface area contributed by atoms with Gasteiger partial charge in [0, 0.05) is 0 Å². The minimum absolute atomic E-state index is 0. The van der Waals surface area contributed by atoms with E-state index in [1.54, 1.807) is 0 Å². The van der Waals surface area contributed by atoms with Crippen LogP contribution >= 0.6 is 57.6 Å². The quantitative estimate of drug-likeness (QED) is 0.570. The molecule has 0 nitrogen and oxygen atoms in total. The fourth-order valence-corrected chi connectivity index (χ4v) is 0. The Labute approximate surface area is 69.9 Å². The van der Waals surface area contributed by atoms with Gasteiger partial charge in [0.1, 0.15) is 0 Å². The molecule has 0 spiro atoms. The number of rotatable bonds is 0. The number of halogens is 5. The molecule has 0 aliphatic rings. The van der Waals surface area contributed by atoms with Crippen molar-refractivity contribution in [3.8, 4) is 0 Å². The molecule has 0 aromatic carbocycles. The van der Waals surface area contributed by atoms with E-state index in [0.717, 1.165) is 0 Å². The normalized spacial score (nSPS) is 3.67. The SMILES string of the molecule is Cl.Cl.Cl.[Cl][Ni][Cl]. The van der Waals surface area contributed by atoms with Crippen LogP contribution in [0.5, 0.6) is 0 Å². The average Bonchev–Trinajstić information content (AvgIpc) is 0.918. The second-order valence-corrected chi connectivity index (χ2v) is 1.68. The standard InChI is InChI=1S/5ClH.Ni/h5*1H;/q;;;;;+2/p-2. The molecule has 6 heteroatoms. The van der Waals surface area contributed by atoms with Gasteiger partial charge in [0.2, 0.25) is 0 Å². The molecule has 0 aliphatic carbocycles. The molecule has 0 heterocycles. The second kappa shape index (κ2) is 28.3. The summed E-state index contributed by atoms with van der Waals surface area (Å²) >= 11 is 0.569. The molecule has 0 saturated heterocycles. The first-order chi connectivity index (χ1) is 1.41. The van der Waals surface area contributed by atoms with Crippen molar-refractivity contribution in [2.75, 3.05) is 0 Å². The van der Waals surface area contributed by atoms with Crippen LogP contribution in [-0.2, 0) is 12.7 Å². The predicted octanol–water partition coefficient (Wildman–Crippen LogP) is 2.64. The molecular weight excluding hydrogens is 236 g/mol. The van der Waals surface area contributed by atoms with Crippen molar-refractivity contribution in [1.82, 2.24) is 0 Å². The van der Waals surface area contributed by atoms with Crippen molar-refractivity contribution in [3.63, 3.8) is 0 Å². The molecule has 0 saturated carbocycles. The van der Waals surface area contributed by atoms with Crippen molar-refractivity contribution < 1.29 is 12.7 Å². The average molecular weight is 239 g/mol. The molecule has 0 N–H and O–H groups in total. The summed E-state index contributed by atoms with van der Waals surface area (Å²) in [5.74, 6) is 0. The summed E-state index contributed by atoms with van der Waals surface area (Å²) in [6.45, 7) is 0. The Morgan fingerprint density at radius 3 is 0.833 bits per heavy atom. The first kappa shape index (κ1) is 24.6. The summed E-state index contributed by atoms with van der Waals surface area (Å²) < 4.78 is 0. The Bertz CT molecular complexity index is 3.90. The van der Waals surface area contributed by atoms with Crippen molar-refractivity contribution in [3.05, 3.63) is 0 Å². The predicted molar refractivity (Wildman–Crippen MR) is 33.5 cm³/mol. The summed E-state index contributed by atoms with van der Waals surface area (Å²) in [6, 6.07) is 0. The third-order valence-electron chi connectivity index (χ3n) is 0. The van der Waals surface area contributed by atoms with Crippen LogP contribution in [0.1, 0.15) is 0 Å². The van der Waals surface area contributed by atoms with Gasteiger partial charge in [0.05, 0.1) is 0 Å². The molecule has 0 atom stereocenters. The summed E-state index contributed by atoms with van der Waals surface area (Å²) in [7, 11) is 9.40. The zero-order chi connectivity index (χ0) is 2.71. The molecule has 0 rings (SSSR count). The van der Waals surface area contributed by atoms with E-state index in [-0.39, 0.29) is 37.2 Å². The second-order valence-electron chi connectivity index (χ2n) is 0.0452. The van der Waals surface area contributed by atoms with Crippen molar-refractivity contribution in [2.45, 2.75) is 0 Å². The van der Waals surface area contributed by atoms with Crippen LogP contribution < -0.4 is 0 Å². The molecule has 0 unspecified atom stereocenters. The Hall–Kier alpha value is 1.94. The van der Waals surface area contributed by atoms with Crippen LogP contribution in [0.3, 0.4) is 0 Å². The van der Waals surface area contributed by atoms with Gasteiger partial charge in [0.25, 0.3) is 0 Å². The number of hydrogen-bond acceptors (Lipinski definition) is 0. The summed E-state index contributed by atoms with van der Waals surface area (Å²) in [6.07, 6.45) is 0. The van der Waals surface area contributed by atoms with Gasteiger partial charge in [-0.3, -0.25) is 0 Å². The van der Waals surface area contributed by atoms with Gasteiger partial charge in [-0.15, -0.1) is 37.2 Å². The maximum absolute atomic E-state index is 4.70. The monoisotopic (exact) mass is 236 g/mol.